The summed E-state index contributed by atoms with van der Waals surface area (Å²) < 4.78 is 5.39. The fraction of sp³-hybridized carbons (Fsp3) is 0.467. The summed E-state index contributed by atoms with van der Waals surface area (Å²) >= 11 is 0. The number of nitrogens with zero attached hydrogens (tertiary/aromatic N) is 2. The molecule has 5 nitrogen and oxygen atoms in total. The molecule has 0 radical (unpaired) electrons. The molecular weight excluding hydrogens is 254 g/mol. The van der Waals surface area contributed by atoms with Crippen LogP contribution in [-0.2, 0) is 9.53 Å². The third-order valence-electron chi connectivity index (χ3n) is 3.47. The number of ether oxygens (including phenoxy) is 1. The second-order valence-electron chi connectivity index (χ2n) is 4.86. The molecule has 1 saturated heterocycles. The fourth-order valence-corrected chi connectivity index (χ4v) is 2.19. The zero-order chi connectivity index (χ0) is 14.4. The third kappa shape index (κ3) is 3.80. The number of amides is 1. The van der Waals surface area contributed by atoms with E-state index in [-0.39, 0.29) is 11.9 Å². The van der Waals surface area contributed by atoms with E-state index in [4.69, 9.17) is 10.00 Å². The molecular formula is C15H19N3O2. The van der Waals surface area contributed by atoms with Crippen LogP contribution in [0.2, 0.25) is 0 Å². The number of rotatable bonds is 3. The average Bonchev–Trinajstić information content (AvgIpc) is 2.76. The molecule has 5 heteroatoms. The minimum absolute atomic E-state index is 0.0309. The normalized spacial score (nSPS) is 17.8. The summed E-state index contributed by atoms with van der Waals surface area (Å²) in [6, 6.07) is 8.74. The minimum atomic E-state index is -0.188. The van der Waals surface area contributed by atoms with Gasteiger partial charge in [-0.1, -0.05) is 0 Å². The SMILES string of the molecule is CC(C(=O)Nc1ccc(C#N)cc1)N1CCCOCC1. The predicted octanol–water partition coefficient (Wildman–Crippen LogP) is 1.61. The largest absolute Gasteiger partial charge is 0.380 e. The molecule has 106 valence electrons. The van der Waals surface area contributed by atoms with Crippen LogP contribution in [0.3, 0.4) is 0 Å². The highest BCUT2D eigenvalue weighted by atomic mass is 16.5. The van der Waals surface area contributed by atoms with Gasteiger partial charge in [0.15, 0.2) is 0 Å². The van der Waals surface area contributed by atoms with E-state index in [0.717, 1.165) is 26.1 Å². The van der Waals surface area contributed by atoms with Crippen LogP contribution in [0, 0.1) is 11.3 Å². The molecule has 1 aliphatic rings. The van der Waals surface area contributed by atoms with E-state index in [1.165, 1.54) is 0 Å². The Kier molecular flexibility index (Phi) is 5.10. The summed E-state index contributed by atoms with van der Waals surface area (Å²) in [4.78, 5) is 14.4. The van der Waals surface area contributed by atoms with Crippen LogP contribution < -0.4 is 5.32 Å². The van der Waals surface area contributed by atoms with Crippen molar-refractivity contribution in [3.05, 3.63) is 29.8 Å². The molecule has 0 saturated carbocycles. The Balaban J connectivity index is 1.94. The lowest BCUT2D eigenvalue weighted by Crippen LogP contribution is -2.43. The Bertz CT molecular complexity index is 485. The molecule has 1 fully saturated rings. The Morgan fingerprint density at radius 3 is 2.80 bits per heavy atom. The van der Waals surface area contributed by atoms with E-state index < -0.39 is 0 Å². The molecule has 1 heterocycles. The van der Waals surface area contributed by atoms with E-state index in [9.17, 15) is 4.79 Å². The second-order valence-corrected chi connectivity index (χ2v) is 4.86. The highest BCUT2D eigenvalue weighted by Gasteiger charge is 2.22. The molecule has 0 aliphatic carbocycles. The van der Waals surface area contributed by atoms with Crippen molar-refractivity contribution in [1.82, 2.24) is 4.90 Å². The van der Waals surface area contributed by atoms with E-state index in [1.54, 1.807) is 24.3 Å². The topological polar surface area (TPSA) is 65.4 Å². The quantitative estimate of drug-likeness (QED) is 0.908. The van der Waals surface area contributed by atoms with Crippen LogP contribution in [0.4, 0.5) is 5.69 Å². The number of carbonyl (C=O) groups is 1. The zero-order valence-electron chi connectivity index (χ0n) is 11.6. The predicted molar refractivity (Wildman–Crippen MR) is 76.3 cm³/mol. The summed E-state index contributed by atoms with van der Waals surface area (Å²) in [5, 5.41) is 11.6. The van der Waals surface area contributed by atoms with Gasteiger partial charge in [-0.05, 0) is 37.6 Å². The number of carbonyl (C=O) groups excluding carboxylic acids is 1. The summed E-state index contributed by atoms with van der Waals surface area (Å²) in [7, 11) is 0. The lowest BCUT2D eigenvalue weighted by atomic mass is 10.2. The van der Waals surface area contributed by atoms with Gasteiger partial charge < -0.3 is 10.1 Å². The molecule has 0 bridgehead atoms. The summed E-state index contributed by atoms with van der Waals surface area (Å²) in [6.07, 6.45) is 0.953. The van der Waals surface area contributed by atoms with Crippen LogP contribution in [0.1, 0.15) is 18.9 Å². The van der Waals surface area contributed by atoms with Crippen molar-refractivity contribution in [3.63, 3.8) is 0 Å². The number of nitriles is 1. The van der Waals surface area contributed by atoms with E-state index in [1.807, 2.05) is 6.92 Å². The van der Waals surface area contributed by atoms with Gasteiger partial charge in [0.25, 0.3) is 0 Å². The molecule has 1 aliphatic heterocycles. The first-order valence-electron chi connectivity index (χ1n) is 6.83. The van der Waals surface area contributed by atoms with Gasteiger partial charge in [0.1, 0.15) is 0 Å². The van der Waals surface area contributed by atoms with Gasteiger partial charge >= 0.3 is 0 Å². The molecule has 1 atom stereocenters. The van der Waals surface area contributed by atoms with Crippen LogP contribution in [-0.4, -0.2) is 43.2 Å². The summed E-state index contributed by atoms with van der Waals surface area (Å²) in [5.74, 6) is -0.0309. The van der Waals surface area contributed by atoms with Crippen molar-refractivity contribution < 1.29 is 9.53 Å². The highest BCUT2D eigenvalue weighted by molar-refractivity contribution is 5.94. The van der Waals surface area contributed by atoms with Gasteiger partial charge in [-0.3, -0.25) is 9.69 Å². The molecule has 1 unspecified atom stereocenters. The van der Waals surface area contributed by atoms with E-state index in [0.29, 0.717) is 17.9 Å². The molecule has 20 heavy (non-hydrogen) atoms. The highest BCUT2D eigenvalue weighted by Crippen LogP contribution is 2.11. The smallest absolute Gasteiger partial charge is 0.241 e. The molecule has 0 spiro atoms. The van der Waals surface area contributed by atoms with Gasteiger partial charge in [-0.15, -0.1) is 0 Å². The standard InChI is InChI=1S/C15H19N3O2/c1-12(18-7-2-9-20-10-8-18)15(19)17-14-5-3-13(11-16)4-6-14/h3-6,12H,2,7-10H2,1H3,(H,17,19). The molecule has 1 N–H and O–H groups in total. The van der Waals surface area contributed by atoms with Gasteiger partial charge in [0.2, 0.25) is 5.91 Å². The Labute approximate surface area is 119 Å². The first kappa shape index (κ1) is 14.5. The lowest BCUT2D eigenvalue weighted by Gasteiger charge is -2.25. The number of hydrogen-bond donors (Lipinski definition) is 1. The minimum Gasteiger partial charge on any atom is -0.380 e. The first-order chi connectivity index (χ1) is 9.70. The van der Waals surface area contributed by atoms with E-state index >= 15 is 0 Å². The van der Waals surface area contributed by atoms with Gasteiger partial charge in [0.05, 0.1) is 24.3 Å². The zero-order valence-corrected chi connectivity index (χ0v) is 11.6. The molecule has 1 amide bonds. The van der Waals surface area contributed by atoms with Crippen LogP contribution >= 0.6 is 0 Å². The molecule has 0 aromatic heterocycles. The van der Waals surface area contributed by atoms with Crippen LogP contribution in [0.15, 0.2) is 24.3 Å². The van der Waals surface area contributed by atoms with Crippen molar-refractivity contribution in [2.75, 3.05) is 31.6 Å². The van der Waals surface area contributed by atoms with Crippen LogP contribution in [0.5, 0.6) is 0 Å². The Morgan fingerprint density at radius 1 is 1.35 bits per heavy atom. The number of anilines is 1. The Hall–Kier alpha value is -1.90. The van der Waals surface area contributed by atoms with Crippen molar-refractivity contribution >= 4 is 11.6 Å². The van der Waals surface area contributed by atoms with E-state index in [2.05, 4.69) is 16.3 Å². The van der Waals surface area contributed by atoms with Crippen molar-refractivity contribution in [1.29, 1.82) is 5.26 Å². The maximum atomic E-state index is 12.2. The van der Waals surface area contributed by atoms with Crippen molar-refractivity contribution in [3.8, 4) is 6.07 Å². The number of benzene rings is 1. The monoisotopic (exact) mass is 273 g/mol. The second kappa shape index (κ2) is 7.04. The van der Waals surface area contributed by atoms with Gasteiger partial charge in [-0.25, -0.2) is 0 Å². The van der Waals surface area contributed by atoms with Gasteiger partial charge in [0, 0.05) is 25.4 Å². The molecule has 2 rings (SSSR count). The van der Waals surface area contributed by atoms with Crippen LogP contribution in [0.25, 0.3) is 0 Å². The summed E-state index contributed by atoms with van der Waals surface area (Å²) in [5.41, 5.74) is 1.30. The number of hydrogen-bond acceptors (Lipinski definition) is 4. The first-order valence-corrected chi connectivity index (χ1v) is 6.83. The maximum Gasteiger partial charge on any atom is 0.241 e. The fourth-order valence-electron chi connectivity index (χ4n) is 2.19. The molecule has 1 aromatic rings. The maximum absolute atomic E-state index is 12.2. The van der Waals surface area contributed by atoms with Crippen molar-refractivity contribution in [2.24, 2.45) is 0 Å². The third-order valence-corrected chi connectivity index (χ3v) is 3.47. The average molecular weight is 273 g/mol. The van der Waals surface area contributed by atoms with Gasteiger partial charge in [-0.2, -0.15) is 5.26 Å². The molecule has 1 aromatic carbocycles. The summed E-state index contributed by atoms with van der Waals surface area (Å²) in [6.45, 7) is 5.00. The Morgan fingerprint density at radius 2 is 2.10 bits per heavy atom. The van der Waals surface area contributed by atoms with Crippen molar-refractivity contribution in [2.45, 2.75) is 19.4 Å². The number of nitrogens with one attached hydrogen (secondary N) is 1. The lowest BCUT2D eigenvalue weighted by molar-refractivity contribution is -0.120.